The molecular weight excluding hydrogens is 448 g/mol. The Morgan fingerprint density at radius 1 is 1.03 bits per heavy atom. The molecule has 1 N–H and O–H groups in total. The van der Waals surface area contributed by atoms with Crippen molar-refractivity contribution in [2.24, 2.45) is 0 Å². The van der Waals surface area contributed by atoms with Crippen molar-refractivity contribution in [3.63, 3.8) is 0 Å². The summed E-state index contributed by atoms with van der Waals surface area (Å²) < 4.78 is 43.5. The number of benzene rings is 2. The third-order valence-corrected chi connectivity index (χ3v) is 6.97. The van der Waals surface area contributed by atoms with Gasteiger partial charge in [0, 0.05) is 24.2 Å². The van der Waals surface area contributed by atoms with Crippen molar-refractivity contribution in [2.45, 2.75) is 31.0 Å². The number of morpholine rings is 1. The van der Waals surface area contributed by atoms with Crippen LogP contribution in [0.25, 0.3) is 11.5 Å². The number of nitrogens with zero attached hydrogens (tertiary/aromatic N) is 3. The van der Waals surface area contributed by atoms with Crippen molar-refractivity contribution in [3.05, 3.63) is 54.1 Å². The van der Waals surface area contributed by atoms with Crippen LogP contribution in [0.3, 0.4) is 0 Å². The maximum absolute atomic E-state index is 13.0. The van der Waals surface area contributed by atoms with E-state index >= 15 is 0 Å². The van der Waals surface area contributed by atoms with E-state index in [1.165, 1.54) is 28.6 Å². The standard InChI is InChI=1S/C22H24N4O6S/c1-14-12-26(13-15(2)31-14)33(28,29)19-10-6-16(7-11-19)20(27)23-22-25-24-21(32-22)17-4-8-18(30-3)9-5-17/h4-11,14-15H,12-13H2,1-3H3,(H,23,25,27). The minimum atomic E-state index is -3.69. The second-order valence-electron chi connectivity index (χ2n) is 7.70. The first-order valence-electron chi connectivity index (χ1n) is 10.3. The average Bonchev–Trinajstić information content (AvgIpc) is 3.27. The molecule has 2 unspecified atom stereocenters. The first-order valence-corrected chi connectivity index (χ1v) is 11.7. The fourth-order valence-electron chi connectivity index (χ4n) is 3.55. The molecule has 0 bridgehead atoms. The Bertz CT molecular complexity index is 1210. The molecule has 0 saturated carbocycles. The molecule has 0 aliphatic carbocycles. The zero-order chi connectivity index (χ0) is 23.6. The number of ether oxygens (including phenoxy) is 2. The van der Waals surface area contributed by atoms with Crippen LogP contribution in [0.2, 0.25) is 0 Å². The van der Waals surface area contributed by atoms with Gasteiger partial charge in [-0.1, -0.05) is 5.10 Å². The monoisotopic (exact) mass is 472 g/mol. The van der Waals surface area contributed by atoms with Gasteiger partial charge in [0.15, 0.2) is 0 Å². The van der Waals surface area contributed by atoms with Gasteiger partial charge < -0.3 is 13.9 Å². The summed E-state index contributed by atoms with van der Waals surface area (Å²) in [5.74, 6) is 0.427. The number of rotatable bonds is 6. The Balaban J connectivity index is 1.44. The molecule has 0 spiro atoms. The second-order valence-corrected chi connectivity index (χ2v) is 9.64. The summed E-state index contributed by atoms with van der Waals surface area (Å²) in [4.78, 5) is 12.7. The molecule has 2 atom stereocenters. The minimum absolute atomic E-state index is 0.0705. The van der Waals surface area contributed by atoms with Gasteiger partial charge in [-0.2, -0.15) is 4.31 Å². The van der Waals surface area contributed by atoms with Gasteiger partial charge in [-0.25, -0.2) is 8.42 Å². The molecule has 1 fully saturated rings. The Morgan fingerprint density at radius 2 is 1.67 bits per heavy atom. The van der Waals surface area contributed by atoms with Crippen LogP contribution in [0.4, 0.5) is 6.01 Å². The van der Waals surface area contributed by atoms with Crippen molar-refractivity contribution in [3.8, 4) is 17.2 Å². The van der Waals surface area contributed by atoms with Gasteiger partial charge in [0.1, 0.15) is 5.75 Å². The summed E-state index contributed by atoms with van der Waals surface area (Å²) in [6, 6.07) is 12.7. The summed E-state index contributed by atoms with van der Waals surface area (Å²) >= 11 is 0. The number of hydrogen-bond acceptors (Lipinski definition) is 8. The van der Waals surface area contributed by atoms with E-state index in [-0.39, 0.29) is 47.7 Å². The fraction of sp³-hybridized carbons (Fsp3) is 0.318. The Morgan fingerprint density at radius 3 is 2.27 bits per heavy atom. The predicted octanol–water partition coefficient (Wildman–Crippen LogP) is 2.80. The number of methoxy groups -OCH3 is 1. The summed E-state index contributed by atoms with van der Waals surface area (Å²) in [5, 5.41) is 10.3. The number of hydrogen-bond donors (Lipinski definition) is 1. The number of carbonyl (C=O) groups excluding carboxylic acids is 1. The van der Waals surface area contributed by atoms with Crippen molar-refractivity contribution in [1.82, 2.24) is 14.5 Å². The van der Waals surface area contributed by atoms with E-state index in [0.29, 0.717) is 11.3 Å². The van der Waals surface area contributed by atoms with Gasteiger partial charge in [0.25, 0.3) is 5.91 Å². The summed E-state index contributed by atoms with van der Waals surface area (Å²) in [6.45, 7) is 4.23. The predicted molar refractivity (Wildman–Crippen MR) is 119 cm³/mol. The zero-order valence-corrected chi connectivity index (χ0v) is 19.2. The van der Waals surface area contributed by atoms with Crippen molar-refractivity contribution < 1.29 is 27.1 Å². The number of aromatic nitrogens is 2. The van der Waals surface area contributed by atoms with Crippen LogP contribution in [-0.2, 0) is 14.8 Å². The molecule has 2 aromatic carbocycles. The maximum atomic E-state index is 13.0. The molecule has 1 amide bonds. The topological polar surface area (TPSA) is 124 Å². The average molecular weight is 473 g/mol. The molecule has 1 aliphatic heterocycles. The number of sulfonamides is 1. The molecule has 174 valence electrons. The van der Waals surface area contributed by atoms with Crippen LogP contribution in [-0.4, -0.2) is 61.2 Å². The van der Waals surface area contributed by atoms with Crippen molar-refractivity contribution >= 4 is 21.9 Å². The molecule has 1 aromatic heterocycles. The van der Waals surface area contributed by atoms with Crippen LogP contribution in [0.5, 0.6) is 5.75 Å². The summed E-state index contributed by atoms with van der Waals surface area (Å²) in [6.07, 6.45) is -0.378. The Hall–Kier alpha value is -3.28. The highest BCUT2D eigenvalue weighted by molar-refractivity contribution is 7.89. The van der Waals surface area contributed by atoms with Crippen molar-refractivity contribution in [2.75, 3.05) is 25.5 Å². The lowest BCUT2D eigenvalue weighted by atomic mass is 10.2. The van der Waals surface area contributed by atoms with E-state index < -0.39 is 15.9 Å². The normalized spacial score (nSPS) is 19.2. The van der Waals surface area contributed by atoms with Gasteiger partial charge in [-0.3, -0.25) is 10.1 Å². The first kappa shape index (κ1) is 22.9. The van der Waals surface area contributed by atoms with Gasteiger partial charge >= 0.3 is 6.01 Å². The van der Waals surface area contributed by atoms with Crippen LogP contribution in [0.15, 0.2) is 57.8 Å². The third kappa shape index (κ3) is 5.05. The molecule has 3 aromatic rings. The molecule has 1 saturated heterocycles. The van der Waals surface area contributed by atoms with E-state index in [1.54, 1.807) is 31.4 Å². The van der Waals surface area contributed by atoms with Crippen LogP contribution >= 0.6 is 0 Å². The van der Waals surface area contributed by atoms with Gasteiger partial charge in [-0.05, 0) is 62.4 Å². The van der Waals surface area contributed by atoms with E-state index in [9.17, 15) is 13.2 Å². The van der Waals surface area contributed by atoms with Crippen LogP contribution in [0, 0.1) is 0 Å². The highest BCUT2D eigenvalue weighted by Gasteiger charge is 2.32. The molecule has 1 aliphatic rings. The summed E-state index contributed by atoms with van der Waals surface area (Å²) in [7, 11) is -2.12. The molecule has 33 heavy (non-hydrogen) atoms. The molecular formula is C22H24N4O6S. The SMILES string of the molecule is COc1ccc(-c2nnc(NC(=O)c3ccc(S(=O)(=O)N4CC(C)OC(C)C4)cc3)o2)cc1. The van der Waals surface area contributed by atoms with Crippen LogP contribution in [0.1, 0.15) is 24.2 Å². The van der Waals surface area contributed by atoms with Gasteiger partial charge in [0.05, 0.1) is 24.2 Å². The molecule has 11 heteroatoms. The quantitative estimate of drug-likeness (QED) is 0.581. The second kappa shape index (κ2) is 9.30. The molecule has 0 radical (unpaired) electrons. The highest BCUT2D eigenvalue weighted by atomic mass is 32.2. The zero-order valence-electron chi connectivity index (χ0n) is 18.4. The van der Waals surface area contributed by atoms with E-state index in [1.807, 2.05) is 13.8 Å². The first-order chi connectivity index (χ1) is 15.8. The minimum Gasteiger partial charge on any atom is -0.497 e. The van der Waals surface area contributed by atoms with E-state index in [0.717, 1.165) is 0 Å². The smallest absolute Gasteiger partial charge is 0.322 e. The van der Waals surface area contributed by atoms with Gasteiger partial charge in [-0.15, -0.1) is 5.10 Å². The third-order valence-electron chi connectivity index (χ3n) is 5.12. The number of carbonyl (C=O) groups is 1. The number of amides is 1. The van der Waals surface area contributed by atoms with E-state index in [2.05, 4.69) is 15.5 Å². The van der Waals surface area contributed by atoms with E-state index in [4.69, 9.17) is 13.9 Å². The van der Waals surface area contributed by atoms with Gasteiger partial charge in [0.2, 0.25) is 15.9 Å². The number of nitrogens with one attached hydrogen (secondary N) is 1. The Labute approximate surface area is 191 Å². The lowest BCUT2D eigenvalue weighted by molar-refractivity contribution is -0.0440. The maximum Gasteiger partial charge on any atom is 0.322 e. The Kier molecular flexibility index (Phi) is 6.45. The van der Waals surface area contributed by atoms with Crippen LogP contribution < -0.4 is 10.1 Å². The van der Waals surface area contributed by atoms with Crippen molar-refractivity contribution in [1.29, 1.82) is 0 Å². The lowest BCUT2D eigenvalue weighted by Crippen LogP contribution is -2.48. The number of anilines is 1. The summed E-state index contributed by atoms with van der Waals surface area (Å²) in [5.41, 5.74) is 0.923. The largest absolute Gasteiger partial charge is 0.497 e. The highest BCUT2D eigenvalue weighted by Crippen LogP contribution is 2.24. The molecule has 4 rings (SSSR count). The lowest BCUT2D eigenvalue weighted by Gasteiger charge is -2.34. The molecule has 2 heterocycles. The molecule has 10 nitrogen and oxygen atoms in total. The fourth-order valence-corrected chi connectivity index (χ4v) is 5.14.